The van der Waals surface area contributed by atoms with E-state index in [4.69, 9.17) is 11.5 Å². The van der Waals surface area contributed by atoms with Crippen LogP contribution in [0.15, 0.2) is 9.98 Å². The largest absolute Gasteiger partial charge is 0.385 e. The molecular weight excluding hydrogens is 186 g/mol. The zero-order chi connectivity index (χ0) is 10.9. The number of nitrogens with two attached hydrogens (primary N) is 2. The van der Waals surface area contributed by atoms with Gasteiger partial charge in [0, 0.05) is 6.92 Å². The number of carbonyl (C=O) groups is 2. The van der Waals surface area contributed by atoms with Crippen LogP contribution in [0.25, 0.3) is 0 Å². The van der Waals surface area contributed by atoms with E-state index in [1.54, 1.807) is 0 Å². The van der Waals surface area contributed by atoms with E-state index in [9.17, 15) is 9.59 Å². The molecule has 0 fully saturated rings. The SMILES string of the molecule is CC(=O)NC1(C)C(=O)N=C(N)N=C1N. The van der Waals surface area contributed by atoms with E-state index in [1.807, 2.05) is 0 Å². The molecule has 0 bridgehead atoms. The van der Waals surface area contributed by atoms with Crippen LogP contribution in [0.5, 0.6) is 0 Å². The lowest BCUT2D eigenvalue weighted by molar-refractivity contribution is -0.127. The van der Waals surface area contributed by atoms with Crippen LogP contribution in [-0.4, -0.2) is 29.1 Å². The number of nitrogens with one attached hydrogen (secondary N) is 1. The van der Waals surface area contributed by atoms with Gasteiger partial charge in [0.25, 0.3) is 5.91 Å². The lowest BCUT2D eigenvalue weighted by atomic mass is 9.99. The molecule has 0 saturated carbocycles. The molecule has 76 valence electrons. The lowest BCUT2D eigenvalue weighted by Gasteiger charge is -2.28. The number of amidine groups is 1. The van der Waals surface area contributed by atoms with Crippen molar-refractivity contribution >= 4 is 23.6 Å². The first-order valence-corrected chi connectivity index (χ1v) is 3.88. The van der Waals surface area contributed by atoms with E-state index in [1.165, 1.54) is 13.8 Å². The van der Waals surface area contributed by atoms with Gasteiger partial charge in [0.1, 0.15) is 5.84 Å². The molecule has 0 spiro atoms. The summed E-state index contributed by atoms with van der Waals surface area (Å²) in [5.41, 5.74) is 9.33. The summed E-state index contributed by atoms with van der Waals surface area (Å²) in [6.45, 7) is 2.69. The second-order valence-corrected chi connectivity index (χ2v) is 3.08. The molecule has 0 aromatic rings. The van der Waals surface area contributed by atoms with Gasteiger partial charge in [0.2, 0.25) is 11.9 Å². The fraction of sp³-hybridized carbons (Fsp3) is 0.429. The first-order valence-electron chi connectivity index (χ1n) is 3.88. The average Bonchev–Trinajstić information content (AvgIpc) is 1.99. The Kier molecular flexibility index (Phi) is 2.24. The average molecular weight is 197 g/mol. The first-order chi connectivity index (χ1) is 6.36. The molecule has 0 radical (unpaired) electrons. The summed E-state index contributed by atoms with van der Waals surface area (Å²) in [6.07, 6.45) is 0. The van der Waals surface area contributed by atoms with Crippen LogP contribution in [0.3, 0.4) is 0 Å². The number of amides is 2. The molecule has 1 atom stereocenters. The highest BCUT2D eigenvalue weighted by molar-refractivity contribution is 6.21. The van der Waals surface area contributed by atoms with Crippen molar-refractivity contribution in [1.82, 2.24) is 5.32 Å². The van der Waals surface area contributed by atoms with E-state index in [0.29, 0.717) is 0 Å². The van der Waals surface area contributed by atoms with Gasteiger partial charge in [-0.2, -0.15) is 9.98 Å². The number of nitrogens with zero attached hydrogens (tertiary/aromatic N) is 2. The number of aliphatic imine (C=N–C) groups is 2. The molecule has 2 amide bonds. The van der Waals surface area contributed by atoms with Gasteiger partial charge >= 0.3 is 0 Å². The molecule has 1 heterocycles. The minimum Gasteiger partial charge on any atom is -0.385 e. The Bertz CT molecular complexity index is 359. The number of guanidine groups is 1. The topological polar surface area (TPSA) is 123 Å². The van der Waals surface area contributed by atoms with Crippen LogP contribution >= 0.6 is 0 Å². The molecule has 14 heavy (non-hydrogen) atoms. The van der Waals surface area contributed by atoms with E-state index in [-0.39, 0.29) is 11.8 Å². The van der Waals surface area contributed by atoms with Crippen molar-refractivity contribution in [2.45, 2.75) is 19.4 Å². The minimum atomic E-state index is -1.38. The molecule has 7 nitrogen and oxygen atoms in total. The highest BCUT2D eigenvalue weighted by Crippen LogP contribution is 2.11. The Morgan fingerprint density at radius 2 is 2.00 bits per heavy atom. The third-order valence-corrected chi connectivity index (χ3v) is 1.82. The Morgan fingerprint density at radius 3 is 2.43 bits per heavy atom. The molecule has 0 aromatic heterocycles. The van der Waals surface area contributed by atoms with Gasteiger partial charge in [-0.05, 0) is 6.92 Å². The molecule has 0 saturated heterocycles. The van der Waals surface area contributed by atoms with Crippen molar-refractivity contribution in [3.63, 3.8) is 0 Å². The molecule has 5 N–H and O–H groups in total. The van der Waals surface area contributed by atoms with Gasteiger partial charge < -0.3 is 16.8 Å². The predicted octanol–water partition coefficient (Wildman–Crippen LogP) is -1.91. The third kappa shape index (κ3) is 1.56. The van der Waals surface area contributed by atoms with E-state index in [0.717, 1.165) is 0 Å². The lowest BCUT2D eigenvalue weighted by Crippen LogP contribution is -2.61. The standard InChI is InChI=1S/C7H11N5O2/c1-3(13)12-7(2)4(8)10-6(9)11-5(7)14/h1-2H3,(H,12,13)(H4,8,9,10,11,14). The quantitative estimate of drug-likeness (QED) is 0.454. The molecule has 0 aromatic carbocycles. The van der Waals surface area contributed by atoms with Crippen molar-refractivity contribution < 1.29 is 9.59 Å². The highest BCUT2D eigenvalue weighted by atomic mass is 16.2. The maximum Gasteiger partial charge on any atom is 0.282 e. The second-order valence-electron chi connectivity index (χ2n) is 3.08. The summed E-state index contributed by atoms with van der Waals surface area (Å²) in [5.74, 6) is -1.28. The van der Waals surface area contributed by atoms with Crippen LogP contribution in [0, 0.1) is 0 Å². The van der Waals surface area contributed by atoms with Crippen LogP contribution in [-0.2, 0) is 9.59 Å². The van der Waals surface area contributed by atoms with Crippen molar-refractivity contribution in [3.05, 3.63) is 0 Å². The van der Waals surface area contributed by atoms with E-state index in [2.05, 4.69) is 15.3 Å². The zero-order valence-electron chi connectivity index (χ0n) is 7.87. The smallest absolute Gasteiger partial charge is 0.282 e. The number of carbonyl (C=O) groups excluding carboxylic acids is 2. The summed E-state index contributed by atoms with van der Waals surface area (Å²) in [6, 6.07) is 0. The van der Waals surface area contributed by atoms with Gasteiger partial charge in [0.15, 0.2) is 5.54 Å². The predicted molar refractivity (Wildman–Crippen MR) is 50.5 cm³/mol. The Labute approximate surface area is 80.3 Å². The maximum atomic E-state index is 11.4. The summed E-state index contributed by atoms with van der Waals surface area (Å²) in [7, 11) is 0. The van der Waals surface area contributed by atoms with Gasteiger partial charge in [-0.3, -0.25) is 9.59 Å². The van der Waals surface area contributed by atoms with Gasteiger partial charge in [0.05, 0.1) is 0 Å². The van der Waals surface area contributed by atoms with Crippen LogP contribution < -0.4 is 16.8 Å². The second kappa shape index (κ2) is 3.09. The number of hydrogen-bond acceptors (Lipinski definition) is 5. The van der Waals surface area contributed by atoms with Crippen LogP contribution in [0.4, 0.5) is 0 Å². The Balaban J connectivity index is 3.06. The molecular formula is C7H11N5O2. The third-order valence-electron chi connectivity index (χ3n) is 1.82. The Morgan fingerprint density at radius 1 is 1.43 bits per heavy atom. The maximum absolute atomic E-state index is 11.4. The monoisotopic (exact) mass is 197 g/mol. The summed E-state index contributed by atoms with van der Waals surface area (Å²) in [4.78, 5) is 29.3. The van der Waals surface area contributed by atoms with Crippen LogP contribution in [0.2, 0.25) is 0 Å². The molecule has 0 aliphatic carbocycles. The summed E-state index contributed by atoms with van der Waals surface area (Å²) >= 11 is 0. The molecule has 1 aliphatic rings. The molecule has 1 unspecified atom stereocenters. The van der Waals surface area contributed by atoms with Crippen LogP contribution in [0.1, 0.15) is 13.8 Å². The van der Waals surface area contributed by atoms with Gasteiger partial charge in [-0.25, -0.2) is 0 Å². The fourth-order valence-corrected chi connectivity index (χ4v) is 1.06. The van der Waals surface area contributed by atoms with Gasteiger partial charge in [-0.1, -0.05) is 0 Å². The van der Waals surface area contributed by atoms with E-state index < -0.39 is 17.4 Å². The van der Waals surface area contributed by atoms with Gasteiger partial charge in [-0.15, -0.1) is 0 Å². The highest BCUT2D eigenvalue weighted by Gasteiger charge is 2.41. The fourth-order valence-electron chi connectivity index (χ4n) is 1.06. The first kappa shape index (κ1) is 10.2. The van der Waals surface area contributed by atoms with Crippen molar-refractivity contribution in [3.8, 4) is 0 Å². The van der Waals surface area contributed by atoms with Crippen molar-refractivity contribution in [2.24, 2.45) is 21.5 Å². The van der Waals surface area contributed by atoms with Crippen molar-refractivity contribution in [1.29, 1.82) is 0 Å². The summed E-state index contributed by atoms with van der Waals surface area (Å²) in [5, 5.41) is 2.37. The van der Waals surface area contributed by atoms with Crippen molar-refractivity contribution in [2.75, 3.05) is 0 Å². The Hall–Kier alpha value is -1.92. The number of hydrogen-bond donors (Lipinski definition) is 3. The molecule has 7 heteroatoms. The normalized spacial score (nSPS) is 26.6. The zero-order valence-corrected chi connectivity index (χ0v) is 7.87. The van der Waals surface area contributed by atoms with E-state index >= 15 is 0 Å². The number of rotatable bonds is 1. The minimum absolute atomic E-state index is 0.0646. The summed E-state index contributed by atoms with van der Waals surface area (Å²) < 4.78 is 0. The molecule has 1 aliphatic heterocycles. The molecule has 1 rings (SSSR count).